The number of benzene rings is 1. The number of nitrogens with zero attached hydrogens (tertiary/aromatic N) is 3. The summed E-state index contributed by atoms with van der Waals surface area (Å²) in [6.07, 6.45) is 10.8. The lowest BCUT2D eigenvalue weighted by molar-refractivity contribution is 0.0497. The Morgan fingerprint density at radius 1 is 1.06 bits per heavy atom. The summed E-state index contributed by atoms with van der Waals surface area (Å²) in [6, 6.07) is 9.29. The van der Waals surface area contributed by atoms with Crippen molar-refractivity contribution in [3.05, 3.63) is 53.2 Å². The Kier molecular flexibility index (Phi) is 8.13. The molecule has 0 bridgehead atoms. The van der Waals surface area contributed by atoms with Gasteiger partial charge in [0.25, 0.3) is 5.91 Å². The molecule has 5 rings (SSSR count). The minimum atomic E-state index is -0.373. The van der Waals surface area contributed by atoms with Crippen LogP contribution in [0.4, 0.5) is 5.82 Å². The molecule has 2 fully saturated rings. The van der Waals surface area contributed by atoms with E-state index in [4.69, 9.17) is 21.1 Å². The Morgan fingerprint density at radius 3 is 2.72 bits per heavy atom. The van der Waals surface area contributed by atoms with Gasteiger partial charge >= 0.3 is 0 Å². The number of nitrogens with one attached hydrogen (secondary N) is 2. The molecule has 2 N–H and O–H groups in total. The molecule has 1 saturated carbocycles. The lowest BCUT2D eigenvalue weighted by Crippen LogP contribution is -2.21. The summed E-state index contributed by atoms with van der Waals surface area (Å²) in [7, 11) is 0. The van der Waals surface area contributed by atoms with Crippen molar-refractivity contribution in [3.8, 4) is 16.9 Å². The van der Waals surface area contributed by atoms with Crippen molar-refractivity contribution in [2.45, 2.75) is 51.4 Å². The van der Waals surface area contributed by atoms with Gasteiger partial charge in [-0.05, 0) is 60.6 Å². The topological polar surface area (TPSA) is 102 Å². The molecule has 190 valence electrons. The first-order valence-corrected chi connectivity index (χ1v) is 13.2. The fourth-order valence-electron chi connectivity index (χ4n) is 4.94. The fraction of sp³-hybridized carbons (Fsp3) is 0.481. The number of carbonyl (C=O) groups excluding carboxylic acids is 1. The number of hydrogen-bond acceptors (Lipinski definition) is 6. The maximum Gasteiger partial charge on any atom is 0.294 e. The summed E-state index contributed by atoms with van der Waals surface area (Å²) in [5, 5.41) is 11.7. The minimum absolute atomic E-state index is 0.189. The smallest absolute Gasteiger partial charge is 0.294 e. The van der Waals surface area contributed by atoms with Gasteiger partial charge in [0.15, 0.2) is 0 Å². The summed E-state index contributed by atoms with van der Waals surface area (Å²) in [5.41, 5.74) is 1.64. The minimum Gasteiger partial charge on any atom is -0.493 e. The zero-order valence-corrected chi connectivity index (χ0v) is 21.1. The van der Waals surface area contributed by atoms with Gasteiger partial charge in [-0.25, -0.2) is 4.98 Å². The average Bonchev–Trinajstić information content (AvgIpc) is 3.38. The van der Waals surface area contributed by atoms with E-state index < -0.39 is 0 Å². The monoisotopic (exact) mass is 509 g/mol. The quantitative estimate of drug-likeness (QED) is 0.404. The van der Waals surface area contributed by atoms with Gasteiger partial charge in [0, 0.05) is 36.4 Å². The van der Waals surface area contributed by atoms with E-state index in [-0.39, 0.29) is 11.7 Å². The molecule has 2 aromatic heterocycles. The second-order valence-corrected chi connectivity index (χ2v) is 10.1. The molecule has 1 aromatic carbocycles. The van der Waals surface area contributed by atoms with E-state index in [0.717, 1.165) is 55.2 Å². The third-order valence-corrected chi connectivity index (χ3v) is 7.36. The van der Waals surface area contributed by atoms with E-state index in [1.807, 2.05) is 24.3 Å². The number of amides is 1. The number of carbonyl (C=O) groups is 1. The van der Waals surface area contributed by atoms with Crippen LogP contribution in [-0.2, 0) is 11.2 Å². The van der Waals surface area contributed by atoms with Gasteiger partial charge in [-0.15, -0.1) is 10.2 Å². The molecule has 0 spiro atoms. The van der Waals surface area contributed by atoms with Crippen LogP contribution in [0.25, 0.3) is 11.1 Å². The van der Waals surface area contributed by atoms with E-state index in [1.54, 1.807) is 12.3 Å². The van der Waals surface area contributed by atoms with Crippen LogP contribution in [0, 0.1) is 11.8 Å². The average molecular weight is 510 g/mol. The van der Waals surface area contributed by atoms with E-state index in [2.05, 4.69) is 25.5 Å². The second-order valence-electron chi connectivity index (χ2n) is 9.72. The zero-order valence-electron chi connectivity index (χ0n) is 20.3. The number of aromatic nitrogens is 4. The van der Waals surface area contributed by atoms with Gasteiger partial charge in [0.2, 0.25) is 5.82 Å². The van der Waals surface area contributed by atoms with Gasteiger partial charge in [0.05, 0.1) is 6.61 Å². The molecular formula is C27H32ClN5O3. The standard InChI is InChI=1S/C27H32ClN5O3/c28-23-7-6-21(36-17-19-9-12-35-13-10-19)16-22(23)20-8-11-29-24(15-20)31-27(34)26-30-25(32-33-26)14-18-4-2-1-3-5-18/h6-8,11,15-16,18-19H,1-5,9-10,12-14,17H2,(H,29,31,34)(H,30,32,33). The number of H-pyrrole nitrogens is 1. The number of pyridine rings is 1. The van der Waals surface area contributed by atoms with Gasteiger partial charge in [-0.1, -0.05) is 43.7 Å². The fourth-order valence-corrected chi connectivity index (χ4v) is 5.17. The number of rotatable bonds is 8. The summed E-state index contributed by atoms with van der Waals surface area (Å²) in [6.45, 7) is 2.24. The summed E-state index contributed by atoms with van der Waals surface area (Å²) < 4.78 is 11.5. The maximum atomic E-state index is 12.8. The van der Waals surface area contributed by atoms with Crippen LogP contribution in [0.5, 0.6) is 5.75 Å². The maximum absolute atomic E-state index is 12.8. The third-order valence-electron chi connectivity index (χ3n) is 7.03. The molecule has 36 heavy (non-hydrogen) atoms. The zero-order chi connectivity index (χ0) is 24.7. The van der Waals surface area contributed by atoms with Crippen molar-refractivity contribution in [2.75, 3.05) is 25.1 Å². The highest BCUT2D eigenvalue weighted by molar-refractivity contribution is 6.33. The summed E-state index contributed by atoms with van der Waals surface area (Å²) in [4.78, 5) is 20.2. The Hall–Kier alpha value is -2.97. The van der Waals surface area contributed by atoms with E-state index in [1.165, 1.54) is 32.1 Å². The number of hydrogen-bond donors (Lipinski definition) is 2. The Morgan fingerprint density at radius 2 is 1.89 bits per heavy atom. The van der Waals surface area contributed by atoms with Crippen LogP contribution in [0.1, 0.15) is 61.4 Å². The van der Waals surface area contributed by atoms with Gasteiger partial charge < -0.3 is 19.8 Å². The molecule has 1 aliphatic carbocycles. The van der Waals surface area contributed by atoms with Crippen molar-refractivity contribution < 1.29 is 14.3 Å². The predicted octanol–water partition coefficient (Wildman–Crippen LogP) is 5.70. The highest BCUT2D eigenvalue weighted by Gasteiger charge is 2.19. The highest BCUT2D eigenvalue weighted by Crippen LogP contribution is 2.33. The van der Waals surface area contributed by atoms with Gasteiger partial charge in [-0.3, -0.25) is 4.79 Å². The molecule has 9 heteroatoms. The molecule has 1 saturated heterocycles. The molecule has 8 nitrogen and oxygen atoms in total. The Labute approximate surface area is 216 Å². The molecular weight excluding hydrogens is 478 g/mol. The van der Waals surface area contributed by atoms with E-state index in [9.17, 15) is 4.79 Å². The van der Waals surface area contributed by atoms with Crippen LogP contribution >= 0.6 is 11.6 Å². The molecule has 3 heterocycles. The summed E-state index contributed by atoms with van der Waals surface area (Å²) >= 11 is 6.51. The lowest BCUT2D eigenvalue weighted by Gasteiger charge is -2.22. The predicted molar refractivity (Wildman–Crippen MR) is 138 cm³/mol. The Bertz CT molecular complexity index is 1170. The SMILES string of the molecule is O=C(Nc1cc(-c2cc(OCC3CCOCC3)ccc2Cl)ccn1)c1nnc(CC2CCCCC2)[nH]1. The van der Waals surface area contributed by atoms with Crippen LogP contribution in [-0.4, -0.2) is 45.9 Å². The van der Waals surface area contributed by atoms with Crippen molar-refractivity contribution in [1.82, 2.24) is 20.2 Å². The van der Waals surface area contributed by atoms with E-state index >= 15 is 0 Å². The van der Waals surface area contributed by atoms with Crippen LogP contribution in [0.15, 0.2) is 36.5 Å². The molecule has 0 atom stereocenters. The number of aromatic amines is 1. The van der Waals surface area contributed by atoms with Crippen molar-refractivity contribution in [2.24, 2.45) is 11.8 Å². The van der Waals surface area contributed by atoms with Crippen molar-refractivity contribution in [3.63, 3.8) is 0 Å². The molecule has 3 aromatic rings. The second kappa shape index (κ2) is 11.8. The first kappa shape index (κ1) is 24.7. The number of anilines is 1. The normalized spacial score (nSPS) is 17.1. The molecule has 1 amide bonds. The molecule has 0 unspecified atom stereocenters. The molecule has 2 aliphatic rings. The first-order chi connectivity index (χ1) is 17.6. The Balaban J connectivity index is 1.23. The first-order valence-electron chi connectivity index (χ1n) is 12.8. The van der Waals surface area contributed by atoms with Crippen molar-refractivity contribution >= 4 is 23.3 Å². The van der Waals surface area contributed by atoms with Gasteiger partial charge in [0.1, 0.15) is 17.4 Å². The van der Waals surface area contributed by atoms with Crippen molar-refractivity contribution in [1.29, 1.82) is 0 Å². The lowest BCUT2D eigenvalue weighted by atomic mass is 9.87. The van der Waals surface area contributed by atoms with Gasteiger partial charge in [-0.2, -0.15) is 0 Å². The van der Waals surface area contributed by atoms with Crippen LogP contribution in [0.2, 0.25) is 5.02 Å². The van der Waals surface area contributed by atoms with E-state index in [0.29, 0.717) is 29.3 Å². The molecule has 0 radical (unpaired) electrons. The molecule has 1 aliphatic heterocycles. The number of ether oxygens (including phenoxy) is 2. The van der Waals surface area contributed by atoms with Crippen LogP contribution in [0.3, 0.4) is 0 Å². The highest BCUT2D eigenvalue weighted by atomic mass is 35.5. The number of halogens is 1. The largest absolute Gasteiger partial charge is 0.493 e. The third kappa shape index (κ3) is 6.42. The summed E-state index contributed by atoms with van der Waals surface area (Å²) in [5.74, 6) is 2.86. The van der Waals surface area contributed by atoms with Crippen LogP contribution < -0.4 is 10.1 Å².